The highest BCUT2D eigenvalue weighted by Gasteiger charge is 2.28. The third-order valence-corrected chi connectivity index (χ3v) is 2.15. The van der Waals surface area contributed by atoms with E-state index >= 15 is 0 Å². The molecule has 1 amide bonds. The lowest BCUT2D eigenvalue weighted by atomic mass is 9.94. The van der Waals surface area contributed by atoms with Gasteiger partial charge in [0.1, 0.15) is 5.41 Å². The third kappa shape index (κ3) is 3.75. The standard InChI is InChI=1S/C10H18N2O2/c1-4-8(5-6-13)12-9(14)10(2,3)7-11/h8,13H,4-6H2,1-3H3,(H,12,14). The normalized spacial score (nSPS) is 13.1. The molecular formula is C10H18N2O2. The molecule has 14 heavy (non-hydrogen) atoms. The number of carbonyl (C=O) groups excluding carboxylic acids is 1. The number of nitrogens with one attached hydrogen (secondary N) is 1. The summed E-state index contributed by atoms with van der Waals surface area (Å²) in [5, 5.41) is 20.2. The van der Waals surface area contributed by atoms with Crippen molar-refractivity contribution in [2.75, 3.05) is 6.61 Å². The van der Waals surface area contributed by atoms with Gasteiger partial charge < -0.3 is 10.4 Å². The molecule has 0 aliphatic heterocycles. The number of hydrogen-bond acceptors (Lipinski definition) is 3. The van der Waals surface area contributed by atoms with Gasteiger partial charge in [0.05, 0.1) is 6.07 Å². The van der Waals surface area contributed by atoms with Crippen molar-refractivity contribution in [1.82, 2.24) is 5.32 Å². The van der Waals surface area contributed by atoms with Crippen LogP contribution in [0.5, 0.6) is 0 Å². The Morgan fingerprint density at radius 1 is 1.64 bits per heavy atom. The number of aliphatic hydroxyl groups is 1. The van der Waals surface area contributed by atoms with Gasteiger partial charge in [0.2, 0.25) is 5.91 Å². The van der Waals surface area contributed by atoms with Crippen molar-refractivity contribution in [2.45, 2.75) is 39.7 Å². The molecule has 1 unspecified atom stereocenters. The second-order valence-corrected chi connectivity index (χ2v) is 3.83. The smallest absolute Gasteiger partial charge is 0.240 e. The largest absolute Gasteiger partial charge is 0.396 e. The van der Waals surface area contributed by atoms with Crippen LogP contribution in [-0.2, 0) is 4.79 Å². The molecule has 0 aromatic rings. The molecule has 0 saturated carbocycles. The van der Waals surface area contributed by atoms with Gasteiger partial charge in [-0.2, -0.15) is 5.26 Å². The van der Waals surface area contributed by atoms with Crippen molar-refractivity contribution < 1.29 is 9.90 Å². The molecule has 1 atom stereocenters. The molecule has 0 rings (SSSR count). The molecule has 4 heteroatoms. The Bertz CT molecular complexity index is 231. The summed E-state index contributed by atoms with van der Waals surface area (Å²) in [6.45, 7) is 5.13. The molecule has 0 fully saturated rings. The van der Waals surface area contributed by atoms with Crippen LogP contribution in [0.3, 0.4) is 0 Å². The highest BCUT2D eigenvalue weighted by Crippen LogP contribution is 2.13. The summed E-state index contributed by atoms with van der Waals surface area (Å²) in [6.07, 6.45) is 1.29. The van der Waals surface area contributed by atoms with E-state index in [0.29, 0.717) is 6.42 Å². The molecular weight excluding hydrogens is 180 g/mol. The SMILES string of the molecule is CCC(CCO)NC(=O)C(C)(C)C#N. The second kappa shape index (κ2) is 5.61. The molecule has 4 nitrogen and oxygen atoms in total. The summed E-state index contributed by atoms with van der Waals surface area (Å²) in [5.74, 6) is -0.277. The summed E-state index contributed by atoms with van der Waals surface area (Å²) in [4.78, 5) is 11.5. The van der Waals surface area contributed by atoms with Crippen LogP contribution in [-0.4, -0.2) is 23.7 Å². The first kappa shape index (κ1) is 12.9. The monoisotopic (exact) mass is 198 g/mol. The van der Waals surface area contributed by atoms with E-state index in [9.17, 15) is 4.79 Å². The Balaban J connectivity index is 4.24. The summed E-state index contributed by atoms with van der Waals surface area (Å²) >= 11 is 0. The Hall–Kier alpha value is -1.08. The first-order chi connectivity index (χ1) is 6.47. The Labute approximate surface area is 84.9 Å². The molecule has 80 valence electrons. The summed E-state index contributed by atoms with van der Waals surface area (Å²) in [5.41, 5.74) is -0.997. The topological polar surface area (TPSA) is 73.1 Å². The lowest BCUT2D eigenvalue weighted by Crippen LogP contribution is -2.42. The van der Waals surface area contributed by atoms with Crippen LogP contribution in [0.1, 0.15) is 33.6 Å². The zero-order valence-electron chi connectivity index (χ0n) is 9.00. The van der Waals surface area contributed by atoms with Gasteiger partial charge in [-0.05, 0) is 26.7 Å². The van der Waals surface area contributed by atoms with E-state index < -0.39 is 5.41 Å². The minimum absolute atomic E-state index is 0.0416. The van der Waals surface area contributed by atoms with Crippen molar-refractivity contribution >= 4 is 5.91 Å². The van der Waals surface area contributed by atoms with Gasteiger partial charge in [-0.15, -0.1) is 0 Å². The number of nitrogens with zero attached hydrogens (tertiary/aromatic N) is 1. The van der Waals surface area contributed by atoms with Crippen molar-refractivity contribution in [3.8, 4) is 6.07 Å². The van der Waals surface area contributed by atoms with Crippen LogP contribution in [0.15, 0.2) is 0 Å². The summed E-state index contributed by atoms with van der Waals surface area (Å²) in [7, 11) is 0. The fraction of sp³-hybridized carbons (Fsp3) is 0.800. The van der Waals surface area contributed by atoms with E-state index in [1.54, 1.807) is 13.8 Å². The summed E-state index contributed by atoms with van der Waals surface area (Å²) < 4.78 is 0. The minimum Gasteiger partial charge on any atom is -0.396 e. The number of nitriles is 1. The number of hydrogen-bond donors (Lipinski definition) is 2. The molecule has 0 radical (unpaired) electrons. The molecule has 0 aromatic carbocycles. The van der Waals surface area contributed by atoms with Gasteiger partial charge in [0.15, 0.2) is 0 Å². The highest BCUT2D eigenvalue weighted by molar-refractivity contribution is 5.84. The molecule has 0 heterocycles. The number of carbonyl (C=O) groups is 1. The van der Waals surface area contributed by atoms with Crippen LogP contribution in [0.4, 0.5) is 0 Å². The molecule has 0 spiro atoms. The van der Waals surface area contributed by atoms with Gasteiger partial charge in [-0.25, -0.2) is 0 Å². The molecule has 0 aliphatic rings. The Morgan fingerprint density at radius 3 is 2.57 bits per heavy atom. The van der Waals surface area contributed by atoms with E-state index in [1.165, 1.54) is 0 Å². The highest BCUT2D eigenvalue weighted by atomic mass is 16.3. The van der Waals surface area contributed by atoms with Crippen LogP contribution in [0.25, 0.3) is 0 Å². The predicted octanol–water partition coefficient (Wildman–Crippen LogP) is 0.813. The van der Waals surface area contributed by atoms with E-state index in [2.05, 4.69) is 5.32 Å². The summed E-state index contributed by atoms with van der Waals surface area (Å²) in [6, 6.07) is 1.90. The number of amides is 1. The minimum atomic E-state index is -0.997. The lowest BCUT2D eigenvalue weighted by Gasteiger charge is -2.21. The van der Waals surface area contributed by atoms with Crippen molar-refractivity contribution in [3.05, 3.63) is 0 Å². The Kier molecular flexibility index (Phi) is 5.18. The van der Waals surface area contributed by atoms with Gasteiger partial charge in [0, 0.05) is 12.6 Å². The van der Waals surface area contributed by atoms with Gasteiger partial charge >= 0.3 is 0 Å². The quantitative estimate of drug-likeness (QED) is 0.686. The van der Waals surface area contributed by atoms with E-state index in [1.807, 2.05) is 13.0 Å². The molecule has 2 N–H and O–H groups in total. The molecule has 0 aromatic heterocycles. The molecule has 0 bridgehead atoms. The van der Waals surface area contributed by atoms with Gasteiger partial charge in [-0.3, -0.25) is 4.79 Å². The van der Waals surface area contributed by atoms with Crippen LogP contribution in [0, 0.1) is 16.7 Å². The van der Waals surface area contributed by atoms with Gasteiger partial charge in [-0.1, -0.05) is 6.92 Å². The van der Waals surface area contributed by atoms with E-state index in [4.69, 9.17) is 10.4 Å². The fourth-order valence-corrected chi connectivity index (χ4v) is 0.951. The number of aliphatic hydroxyl groups excluding tert-OH is 1. The second-order valence-electron chi connectivity index (χ2n) is 3.83. The third-order valence-electron chi connectivity index (χ3n) is 2.15. The average molecular weight is 198 g/mol. The van der Waals surface area contributed by atoms with Crippen LogP contribution >= 0.6 is 0 Å². The van der Waals surface area contributed by atoms with Crippen molar-refractivity contribution in [3.63, 3.8) is 0 Å². The lowest BCUT2D eigenvalue weighted by molar-refractivity contribution is -0.127. The first-order valence-corrected chi connectivity index (χ1v) is 4.81. The van der Waals surface area contributed by atoms with Crippen molar-refractivity contribution in [2.24, 2.45) is 5.41 Å². The maximum atomic E-state index is 11.5. The van der Waals surface area contributed by atoms with E-state index in [0.717, 1.165) is 6.42 Å². The average Bonchev–Trinajstić information content (AvgIpc) is 2.16. The maximum absolute atomic E-state index is 11.5. The zero-order valence-corrected chi connectivity index (χ0v) is 9.00. The predicted molar refractivity (Wildman–Crippen MR) is 53.3 cm³/mol. The Morgan fingerprint density at radius 2 is 2.21 bits per heavy atom. The van der Waals surface area contributed by atoms with Crippen LogP contribution < -0.4 is 5.32 Å². The number of rotatable bonds is 5. The fourth-order valence-electron chi connectivity index (χ4n) is 0.951. The van der Waals surface area contributed by atoms with Crippen LogP contribution in [0.2, 0.25) is 0 Å². The van der Waals surface area contributed by atoms with Crippen molar-refractivity contribution in [1.29, 1.82) is 5.26 Å². The molecule has 0 aliphatic carbocycles. The zero-order chi connectivity index (χ0) is 11.2. The van der Waals surface area contributed by atoms with Gasteiger partial charge in [0.25, 0.3) is 0 Å². The first-order valence-electron chi connectivity index (χ1n) is 4.81. The maximum Gasteiger partial charge on any atom is 0.240 e. The van der Waals surface area contributed by atoms with E-state index in [-0.39, 0.29) is 18.6 Å². The molecule has 0 saturated heterocycles.